The summed E-state index contributed by atoms with van der Waals surface area (Å²) in [6.07, 6.45) is 0.0432. The van der Waals surface area contributed by atoms with E-state index in [1.54, 1.807) is 20.3 Å². The SMILES string of the molecule is COCC(C)OCc1ccc(C#N)c(OC)c1. The van der Waals surface area contributed by atoms with Crippen molar-refractivity contribution in [3.05, 3.63) is 29.3 Å². The number of ether oxygens (including phenoxy) is 3. The van der Waals surface area contributed by atoms with Crippen LogP contribution in [-0.2, 0) is 16.1 Å². The number of hydrogen-bond acceptors (Lipinski definition) is 4. The maximum Gasteiger partial charge on any atom is 0.136 e. The Morgan fingerprint density at radius 3 is 2.71 bits per heavy atom. The van der Waals surface area contributed by atoms with Gasteiger partial charge in [-0.25, -0.2) is 0 Å². The van der Waals surface area contributed by atoms with Gasteiger partial charge in [0.25, 0.3) is 0 Å². The standard InChI is InChI=1S/C13H17NO3/c1-10(8-15-2)17-9-11-4-5-12(7-14)13(6-11)16-3/h4-6,10H,8-9H2,1-3H3. The molecule has 1 rings (SSSR count). The molecule has 0 aromatic heterocycles. The van der Waals surface area contributed by atoms with Crippen molar-refractivity contribution in [1.29, 1.82) is 5.26 Å². The van der Waals surface area contributed by atoms with Crippen LogP contribution in [0, 0.1) is 11.3 Å². The van der Waals surface area contributed by atoms with Crippen LogP contribution in [0.25, 0.3) is 0 Å². The fourth-order valence-corrected chi connectivity index (χ4v) is 1.44. The van der Waals surface area contributed by atoms with E-state index >= 15 is 0 Å². The normalized spacial score (nSPS) is 11.9. The van der Waals surface area contributed by atoms with Crippen LogP contribution < -0.4 is 4.74 Å². The van der Waals surface area contributed by atoms with Gasteiger partial charge in [-0.3, -0.25) is 0 Å². The molecule has 1 aromatic carbocycles. The molecule has 0 radical (unpaired) electrons. The lowest BCUT2D eigenvalue weighted by Crippen LogP contribution is -2.14. The molecular weight excluding hydrogens is 218 g/mol. The average Bonchev–Trinajstić information content (AvgIpc) is 2.36. The van der Waals surface area contributed by atoms with Crippen LogP contribution in [0.1, 0.15) is 18.1 Å². The lowest BCUT2D eigenvalue weighted by atomic mass is 10.1. The highest BCUT2D eigenvalue weighted by molar-refractivity contribution is 5.45. The molecule has 1 aromatic rings. The predicted molar refractivity (Wildman–Crippen MR) is 63.8 cm³/mol. The molecule has 0 aliphatic rings. The molecule has 0 aliphatic carbocycles. The molecule has 4 heteroatoms. The van der Waals surface area contributed by atoms with Crippen LogP contribution in [0.4, 0.5) is 0 Å². The fourth-order valence-electron chi connectivity index (χ4n) is 1.44. The summed E-state index contributed by atoms with van der Waals surface area (Å²) in [4.78, 5) is 0. The van der Waals surface area contributed by atoms with E-state index in [0.29, 0.717) is 24.5 Å². The van der Waals surface area contributed by atoms with Gasteiger partial charge in [-0.2, -0.15) is 5.26 Å². The summed E-state index contributed by atoms with van der Waals surface area (Å²) in [7, 11) is 3.19. The Morgan fingerprint density at radius 2 is 2.12 bits per heavy atom. The Kier molecular flexibility index (Phi) is 5.47. The summed E-state index contributed by atoms with van der Waals surface area (Å²) < 4.78 is 15.7. The first kappa shape index (κ1) is 13.5. The van der Waals surface area contributed by atoms with Crippen molar-refractivity contribution >= 4 is 0 Å². The smallest absolute Gasteiger partial charge is 0.136 e. The second kappa shape index (κ2) is 6.89. The molecule has 0 heterocycles. The molecule has 4 nitrogen and oxygen atoms in total. The third kappa shape index (κ3) is 4.06. The van der Waals surface area contributed by atoms with Crippen molar-refractivity contribution in [2.24, 2.45) is 0 Å². The summed E-state index contributed by atoms with van der Waals surface area (Å²) >= 11 is 0. The maximum atomic E-state index is 8.85. The molecule has 1 unspecified atom stereocenters. The summed E-state index contributed by atoms with van der Waals surface area (Å²) in [5.41, 5.74) is 1.50. The molecule has 0 saturated carbocycles. The Hall–Kier alpha value is -1.57. The molecule has 1 atom stereocenters. The van der Waals surface area contributed by atoms with Crippen molar-refractivity contribution in [3.63, 3.8) is 0 Å². The second-order valence-corrected chi connectivity index (χ2v) is 3.72. The molecule has 0 bridgehead atoms. The molecule has 0 amide bonds. The lowest BCUT2D eigenvalue weighted by molar-refractivity contribution is -0.000175. The van der Waals surface area contributed by atoms with E-state index in [-0.39, 0.29) is 6.10 Å². The van der Waals surface area contributed by atoms with Gasteiger partial charge in [0.15, 0.2) is 0 Å². The Labute approximate surface area is 102 Å². The van der Waals surface area contributed by atoms with Crippen LogP contribution in [0.3, 0.4) is 0 Å². The molecule has 92 valence electrons. The van der Waals surface area contributed by atoms with E-state index in [1.807, 2.05) is 19.1 Å². The van der Waals surface area contributed by atoms with Gasteiger partial charge in [-0.1, -0.05) is 6.07 Å². The van der Waals surface area contributed by atoms with Crippen molar-refractivity contribution in [3.8, 4) is 11.8 Å². The van der Waals surface area contributed by atoms with Gasteiger partial charge in [0.1, 0.15) is 11.8 Å². The Morgan fingerprint density at radius 1 is 1.35 bits per heavy atom. The summed E-state index contributed by atoms with van der Waals surface area (Å²) in [5.74, 6) is 0.577. The average molecular weight is 235 g/mol. The monoisotopic (exact) mass is 235 g/mol. The zero-order chi connectivity index (χ0) is 12.7. The van der Waals surface area contributed by atoms with E-state index < -0.39 is 0 Å². The quantitative estimate of drug-likeness (QED) is 0.757. The summed E-state index contributed by atoms with van der Waals surface area (Å²) in [5, 5.41) is 8.85. The number of nitriles is 1. The van der Waals surface area contributed by atoms with Gasteiger partial charge in [0.05, 0.1) is 32.0 Å². The first-order valence-corrected chi connectivity index (χ1v) is 5.38. The maximum absolute atomic E-state index is 8.85. The Bertz CT molecular complexity index is 398. The van der Waals surface area contributed by atoms with Crippen molar-refractivity contribution in [2.45, 2.75) is 19.6 Å². The Balaban J connectivity index is 2.64. The highest BCUT2D eigenvalue weighted by atomic mass is 16.5. The van der Waals surface area contributed by atoms with Crippen molar-refractivity contribution in [2.75, 3.05) is 20.8 Å². The molecular formula is C13H17NO3. The van der Waals surface area contributed by atoms with Crippen molar-refractivity contribution in [1.82, 2.24) is 0 Å². The highest BCUT2D eigenvalue weighted by Crippen LogP contribution is 2.19. The topological polar surface area (TPSA) is 51.5 Å². The van der Waals surface area contributed by atoms with Gasteiger partial charge in [-0.05, 0) is 24.6 Å². The minimum absolute atomic E-state index is 0.0432. The third-order valence-electron chi connectivity index (χ3n) is 2.32. The van der Waals surface area contributed by atoms with Crippen molar-refractivity contribution < 1.29 is 14.2 Å². The van der Waals surface area contributed by atoms with Crippen LogP contribution in [0.15, 0.2) is 18.2 Å². The number of methoxy groups -OCH3 is 2. The number of hydrogen-bond donors (Lipinski definition) is 0. The van der Waals surface area contributed by atoms with Gasteiger partial charge < -0.3 is 14.2 Å². The van der Waals surface area contributed by atoms with E-state index in [1.165, 1.54) is 0 Å². The van der Waals surface area contributed by atoms with Gasteiger partial charge in [0, 0.05) is 7.11 Å². The molecule has 17 heavy (non-hydrogen) atoms. The predicted octanol–water partition coefficient (Wildman–Crippen LogP) is 2.12. The number of nitrogens with zero attached hydrogens (tertiary/aromatic N) is 1. The minimum atomic E-state index is 0.0432. The van der Waals surface area contributed by atoms with Crippen LogP contribution >= 0.6 is 0 Å². The largest absolute Gasteiger partial charge is 0.495 e. The first-order valence-electron chi connectivity index (χ1n) is 5.38. The molecule has 0 N–H and O–H groups in total. The van der Waals surface area contributed by atoms with E-state index in [0.717, 1.165) is 5.56 Å². The number of rotatable bonds is 6. The summed E-state index contributed by atoms with van der Waals surface area (Å²) in [6.45, 7) is 2.99. The van der Waals surface area contributed by atoms with Gasteiger partial charge >= 0.3 is 0 Å². The highest BCUT2D eigenvalue weighted by Gasteiger charge is 2.06. The van der Waals surface area contributed by atoms with Crippen LogP contribution in [0.5, 0.6) is 5.75 Å². The van der Waals surface area contributed by atoms with Crippen LogP contribution in [-0.4, -0.2) is 26.9 Å². The zero-order valence-electron chi connectivity index (χ0n) is 10.4. The third-order valence-corrected chi connectivity index (χ3v) is 2.32. The van der Waals surface area contributed by atoms with Gasteiger partial charge in [0.2, 0.25) is 0 Å². The minimum Gasteiger partial charge on any atom is -0.495 e. The van der Waals surface area contributed by atoms with Crippen LogP contribution in [0.2, 0.25) is 0 Å². The van der Waals surface area contributed by atoms with E-state index in [9.17, 15) is 0 Å². The molecule has 0 spiro atoms. The summed E-state index contributed by atoms with van der Waals surface area (Å²) in [6, 6.07) is 7.49. The van der Waals surface area contributed by atoms with E-state index in [4.69, 9.17) is 19.5 Å². The van der Waals surface area contributed by atoms with E-state index in [2.05, 4.69) is 6.07 Å². The molecule has 0 aliphatic heterocycles. The zero-order valence-corrected chi connectivity index (χ0v) is 10.4. The lowest BCUT2D eigenvalue weighted by Gasteiger charge is -2.12. The number of benzene rings is 1. The van der Waals surface area contributed by atoms with Gasteiger partial charge in [-0.15, -0.1) is 0 Å². The second-order valence-electron chi connectivity index (χ2n) is 3.72. The molecule has 0 fully saturated rings. The fraction of sp³-hybridized carbons (Fsp3) is 0.462. The first-order chi connectivity index (χ1) is 8.21. The molecule has 0 saturated heterocycles.